The van der Waals surface area contributed by atoms with Crippen LogP contribution >= 0.6 is 7.14 Å². The van der Waals surface area contributed by atoms with Gasteiger partial charge in [0.15, 0.2) is 0 Å². The molecule has 0 rings (SSSR count). The van der Waals surface area contributed by atoms with E-state index in [0.717, 1.165) is 0 Å². The smallest absolute Gasteiger partial charge is 0.244 e. The molecule has 13 heavy (non-hydrogen) atoms. The summed E-state index contributed by atoms with van der Waals surface area (Å²) in [7, 11) is -0.431. The molecular formula is C7H17N2O3P. The van der Waals surface area contributed by atoms with Gasteiger partial charge in [0.05, 0.1) is 13.4 Å². The van der Waals surface area contributed by atoms with Crippen molar-refractivity contribution in [1.29, 1.82) is 0 Å². The number of carbonyl (C=O) groups excluding carboxylic acids is 1. The zero-order valence-corrected chi connectivity index (χ0v) is 9.41. The van der Waals surface area contributed by atoms with Crippen LogP contribution in [0.2, 0.25) is 0 Å². The van der Waals surface area contributed by atoms with Crippen molar-refractivity contribution in [3.8, 4) is 0 Å². The van der Waals surface area contributed by atoms with Crippen molar-refractivity contribution in [3.05, 3.63) is 0 Å². The minimum Gasteiger partial charge on any atom is -0.323 e. The molecule has 0 spiro atoms. The highest BCUT2D eigenvalue weighted by molar-refractivity contribution is 7.62. The van der Waals surface area contributed by atoms with Gasteiger partial charge in [0.2, 0.25) is 5.91 Å². The summed E-state index contributed by atoms with van der Waals surface area (Å²) < 4.78 is 11.3. The summed E-state index contributed by atoms with van der Waals surface area (Å²) in [4.78, 5) is 12.3. The number of amides is 1. The van der Waals surface area contributed by atoms with E-state index in [4.69, 9.17) is 5.21 Å². The molecular weight excluding hydrogens is 191 g/mol. The molecule has 78 valence electrons. The Morgan fingerprint density at radius 3 is 2.23 bits per heavy atom. The predicted molar refractivity (Wildman–Crippen MR) is 51.3 cm³/mol. The monoisotopic (exact) mass is 208 g/mol. The minimum atomic E-state index is -2.13. The molecule has 0 radical (unpaired) electrons. The number of nitrogens with zero attached hydrogens (tertiary/aromatic N) is 2. The Morgan fingerprint density at radius 2 is 1.92 bits per heavy atom. The summed E-state index contributed by atoms with van der Waals surface area (Å²) in [6.07, 6.45) is 0.386. The molecule has 0 unspecified atom stereocenters. The van der Waals surface area contributed by atoms with Crippen LogP contribution in [0.4, 0.5) is 0 Å². The Hall–Kier alpha value is -0.380. The van der Waals surface area contributed by atoms with Crippen LogP contribution in [-0.4, -0.2) is 54.4 Å². The van der Waals surface area contributed by atoms with Crippen molar-refractivity contribution in [3.63, 3.8) is 0 Å². The van der Waals surface area contributed by atoms with Crippen LogP contribution in [-0.2, 0) is 9.36 Å². The number of rotatable bonds is 4. The number of hydrogen-bond donors (Lipinski definition) is 1. The van der Waals surface area contributed by atoms with Gasteiger partial charge in [0.1, 0.15) is 6.67 Å². The molecule has 0 saturated carbocycles. The average molecular weight is 208 g/mol. The van der Waals surface area contributed by atoms with Gasteiger partial charge in [0, 0.05) is 6.92 Å². The summed E-state index contributed by atoms with van der Waals surface area (Å²) in [6.45, 7) is 4.68. The van der Waals surface area contributed by atoms with Crippen molar-refractivity contribution in [2.75, 3.05) is 33.3 Å². The highest BCUT2D eigenvalue weighted by atomic mass is 31.2. The summed E-state index contributed by atoms with van der Waals surface area (Å²) in [5.41, 5.74) is 0. The normalized spacial score (nSPS) is 11.8. The van der Waals surface area contributed by atoms with E-state index in [9.17, 15) is 9.36 Å². The minimum absolute atomic E-state index is 0.0843. The lowest BCUT2D eigenvalue weighted by Gasteiger charge is -2.23. The van der Waals surface area contributed by atoms with E-state index in [1.807, 2.05) is 0 Å². The Morgan fingerprint density at radius 1 is 1.46 bits per heavy atom. The Kier molecular flexibility index (Phi) is 4.61. The van der Waals surface area contributed by atoms with Crippen LogP contribution in [0.25, 0.3) is 0 Å². The van der Waals surface area contributed by atoms with Gasteiger partial charge >= 0.3 is 0 Å². The summed E-state index contributed by atoms with van der Waals surface area (Å²) in [5.74, 6) is -0.422. The third kappa shape index (κ3) is 6.75. The van der Waals surface area contributed by atoms with E-state index in [1.54, 1.807) is 25.3 Å². The first-order valence-electron chi connectivity index (χ1n) is 3.92. The van der Waals surface area contributed by atoms with Crippen LogP contribution < -0.4 is 0 Å². The Bertz CT molecular complexity index is 226. The molecule has 0 bridgehead atoms. The van der Waals surface area contributed by atoms with Gasteiger partial charge in [0.25, 0.3) is 0 Å². The van der Waals surface area contributed by atoms with Crippen LogP contribution in [0.1, 0.15) is 6.92 Å². The average Bonchev–Trinajstić information content (AvgIpc) is 1.81. The summed E-state index contributed by atoms with van der Waals surface area (Å²) >= 11 is 0. The predicted octanol–water partition coefficient (Wildman–Crippen LogP) is 0.694. The first kappa shape index (κ1) is 12.6. The van der Waals surface area contributed by atoms with E-state index in [1.165, 1.54) is 6.92 Å². The highest BCUT2D eigenvalue weighted by Gasteiger charge is 2.14. The van der Waals surface area contributed by atoms with Crippen molar-refractivity contribution >= 4 is 13.0 Å². The van der Waals surface area contributed by atoms with Gasteiger partial charge in [-0.25, -0.2) is 5.06 Å². The number of carbonyl (C=O) groups is 1. The number of hydrogen-bond acceptors (Lipinski definition) is 4. The molecule has 0 aliphatic carbocycles. The third-order valence-electron chi connectivity index (χ3n) is 1.32. The largest absolute Gasteiger partial charge is 0.323 e. The molecule has 0 heterocycles. The van der Waals surface area contributed by atoms with Gasteiger partial charge in [-0.3, -0.25) is 14.9 Å². The molecule has 1 N–H and O–H groups in total. The second kappa shape index (κ2) is 4.74. The van der Waals surface area contributed by atoms with Crippen molar-refractivity contribution in [2.45, 2.75) is 6.92 Å². The van der Waals surface area contributed by atoms with Crippen molar-refractivity contribution in [1.82, 2.24) is 9.96 Å². The molecule has 0 atom stereocenters. The molecule has 0 aliphatic rings. The van der Waals surface area contributed by atoms with E-state index >= 15 is 0 Å². The molecule has 0 saturated heterocycles. The lowest BCUT2D eigenvalue weighted by atomic mass is 10.7. The number of hydroxylamine groups is 2. The highest BCUT2D eigenvalue weighted by Crippen LogP contribution is 2.35. The van der Waals surface area contributed by atoms with Crippen LogP contribution in [0, 0.1) is 0 Å². The maximum Gasteiger partial charge on any atom is 0.244 e. The lowest BCUT2D eigenvalue weighted by molar-refractivity contribution is -0.170. The van der Waals surface area contributed by atoms with Gasteiger partial charge in [-0.1, -0.05) is 0 Å². The molecule has 6 heteroatoms. The van der Waals surface area contributed by atoms with Crippen LogP contribution in [0.15, 0.2) is 0 Å². The molecule has 0 aromatic rings. The van der Waals surface area contributed by atoms with E-state index in [-0.39, 0.29) is 6.67 Å². The quantitative estimate of drug-likeness (QED) is 0.319. The first-order valence-corrected chi connectivity index (χ1v) is 6.70. The molecule has 0 aromatic carbocycles. The molecule has 0 aromatic heterocycles. The molecule has 1 amide bonds. The first-order chi connectivity index (χ1) is 5.72. The zero-order valence-electron chi connectivity index (χ0n) is 8.52. The molecule has 0 fully saturated rings. The Labute approximate surface area is 78.6 Å². The van der Waals surface area contributed by atoms with Gasteiger partial charge in [-0.05, 0) is 20.4 Å². The second-order valence-electron chi connectivity index (χ2n) is 3.63. The van der Waals surface area contributed by atoms with Crippen LogP contribution in [0.5, 0.6) is 0 Å². The van der Waals surface area contributed by atoms with Gasteiger partial charge in [-0.2, -0.15) is 0 Å². The maximum atomic E-state index is 11.3. The molecule has 5 nitrogen and oxygen atoms in total. The van der Waals surface area contributed by atoms with E-state index in [0.29, 0.717) is 11.3 Å². The fourth-order valence-corrected chi connectivity index (χ4v) is 2.21. The Balaban J connectivity index is 3.95. The maximum absolute atomic E-state index is 11.3. The van der Waals surface area contributed by atoms with Crippen LogP contribution in [0.3, 0.4) is 0 Å². The fraction of sp³-hybridized carbons (Fsp3) is 0.857. The second-order valence-corrected chi connectivity index (χ2v) is 7.06. The van der Waals surface area contributed by atoms with E-state index in [2.05, 4.69) is 0 Å². The summed E-state index contributed by atoms with van der Waals surface area (Å²) in [6, 6.07) is 0. The van der Waals surface area contributed by atoms with E-state index < -0.39 is 13.0 Å². The zero-order chi connectivity index (χ0) is 10.6. The van der Waals surface area contributed by atoms with Crippen molar-refractivity contribution < 1.29 is 14.6 Å². The van der Waals surface area contributed by atoms with Gasteiger partial charge in [-0.15, -0.1) is 0 Å². The molecule has 0 aliphatic heterocycles. The standard InChI is InChI=1S/C7H17N2O3P/c1-7(10)9(11)5-8(2)6-13(3,4)12/h11H,5-6H2,1-4H3. The lowest BCUT2D eigenvalue weighted by Crippen LogP contribution is -2.36. The fourth-order valence-electron chi connectivity index (χ4n) is 0.954. The van der Waals surface area contributed by atoms with Crippen molar-refractivity contribution in [2.24, 2.45) is 0 Å². The summed E-state index contributed by atoms with van der Waals surface area (Å²) in [5, 5.41) is 9.64. The SMILES string of the molecule is CC(=O)N(O)CN(C)CP(C)(C)=O. The van der Waals surface area contributed by atoms with Gasteiger partial charge < -0.3 is 4.57 Å². The third-order valence-corrected chi connectivity index (χ3v) is 2.48. The topological polar surface area (TPSA) is 60.9 Å².